The highest BCUT2D eigenvalue weighted by Crippen LogP contribution is 2.36. The molecule has 0 aliphatic rings. The van der Waals surface area contributed by atoms with Gasteiger partial charge in [-0.1, -0.05) is 29.3 Å². The summed E-state index contributed by atoms with van der Waals surface area (Å²) in [5.41, 5.74) is 1.75. The minimum Gasteiger partial charge on any atom is -0.205 e. The Labute approximate surface area is 101 Å². The molecule has 0 saturated heterocycles. The van der Waals surface area contributed by atoms with Gasteiger partial charge < -0.3 is 0 Å². The molecule has 4 heteroatoms. The van der Waals surface area contributed by atoms with Gasteiger partial charge in [0, 0.05) is 10.4 Å². The Morgan fingerprint density at radius 2 is 1.93 bits per heavy atom. The molecule has 2 rings (SSSR count). The predicted octanol–water partition coefficient (Wildman–Crippen LogP) is 5.17. The van der Waals surface area contributed by atoms with E-state index in [1.807, 2.05) is 13.0 Å². The van der Waals surface area contributed by atoms with E-state index in [1.165, 1.54) is 17.4 Å². The first-order valence-corrected chi connectivity index (χ1v) is 5.86. The second kappa shape index (κ2) is 4.12. The standard InChI is InChI=1S/C11H7Cl2FS/c1-6-4-8(11(13)15-6)7-2-3-10(14)9(12)5-7/h2-5H,1H3. The van der Waals surface area contributed by atoms with Crippen LogP contribution in [0.2, 0.25) is 9.36 Å². The fourth-order valence-electron chi connectivity index (χ4n) is 1.35. The van der Waals surface area contributed by atoms with Crippen LogP contribution < -0.4 is 0 Å². The molecule has 15 heavy (non-hydrogen) atoms. The van der Waals surface area contributed by atoms with E-state index in [0.717, 1.165) is 16.0 Å². The fourth-order valence-corrected chi connectivity index (χ4v) is 2.80. The third-order valence-electron chi connectivity index (χ3n) is 2.04. The Bertz CT molecular complexity index is 505. The number of thiophene rings is 1. The maximum absolute atomic E-state index is 13.0. The summed E-state index contributed by atoms with van der Waals surface area (Å²) >= 11 is 13.3. The lowest BCUT2D eigenvalue weighted by Gasteiger charge is -2.00. The molecule has 0 saturated carbocycles. The van der Waals surface area contributed by atoms with Crippen LogP contribution in [0.5, 0.6) is 0 Å². The minimum atomic E-state index is -0.413. The van der Waals surface area contributed by atoms with Gasteiger partial charge in [0.15, 0.2) is 0 Å². The fraction of sp³-hybridized carbons (Fsp3) is 0.0909. The highest BCUT2D eigenvalue weighted by molar-refractivity contribution is 7.16. The molecule has 0 spiro atoms. The number of rotatable bonds is 1. The van der Waals surface area contributed by atoms with Crippen molar-refractivity contribution in [2.75, 3.05) is 0 Å². The van der Waals surface area contributed by atoms with Crippen LogP contribution in [0.15, 0.2) is 24.3 Å². The highest BCUT2D eigenvalue weighted by Gasteiger charge is 2.09. The van der Waals surface area contributed by atoms with Crippen molar-refractivity contribution in [3.05, 3.63) is 44.3 Å². The summed E-state index contributed by atoms with van der Waals surface area (Å²) in [6, 6.07) is 6.58. The molecular weight excluding hydrogens is 254 g/mol. The Morgan fingerprint density at radius 1 is 1.20 bits per heavy atom. The first-order valence-electron chi connectivity index (χ1n) is 4.29. The van der Waals surface area contributed by atoms with Gasteiger partial charge in [0.2, 0.25) is 0 Å². The van der Waals surface area contributed by atoms with E-state index in [1.54, 1.807) is 12.1 Å². The van der Waals surface area contributed by atoms with Gasteiger partial charge in [0.05, 0.1) is 5.02 Å². The van der Waals surface area contributed by atoms with Crippen molar-refractivity contribution in [2.45, 2.75) is 6.92 Å². The first-order chi connectivity index (χ1) is 7.08. The van der Waals surface area contributed by atoms with Crippen molar-refractivity contribution in [3.8, 4) is 11.1 Å². The third kappa shape index (κ3) is 2.17. The zero-order valence-corrected chi connectivity index (χ0v) is 10.2. The normalized spacial score (nSPS) is 10.7. The summed E-state index contributed by atoms with van der Waals surface area (Å²) in [7, 11) is 0. The summed E-state index contributed by atoms with van der Waals surface area (Å²) in [5.74, 6) is -0.413. The van der Waals surface area contributed by atoms with Crippen molar-refractivity contribution in [2.24, 2.45) is 0 Å². The van der Waals surface area contributed by atoms with Gasteiger partial charge in [0.1, 0.15) is 10.2 Å². The van der Waals surface area contributed by atoms with Gasteiger partial charge in [-0.15, -0.1) is 11.3 Å². The largest absolute Gasteiger partial charge is 0.205 e. The zero-order chi connectivity index (χ0) is 11.0. The number of hydrogen-bond donors (Lipinski definition) is 0. The monoisotopic (exact) mass is 260 g/mol. The lowest BCUT2D eigenvalue weighted by atomic mass is 10.1. The molecule has 0 N–H and O–H groups in total. The van der Waals surface area contributed by atoms with Gasteiger partial charge in [0.25, 0.3) is 0 Å². The molecule has 0 aliphatic heterocycles. The summed E-state index contributed by atoms with van der Waals surface area (Å²) in [5, 5.41) is 0.118. The van der Waals surface area contributed by atoms with Crippen molar-refractivity contribution < 1.29 is 4.39 Å². The van der Waals surface area contributed by atoms with E-state index < -0.39 is 5.82 Å². The second-order valence-electron chi connectivity index (χ2n) is 3.17. The van der Waals surface area contributed by atoms with Crippen LogP contribution >= 0.6 is 34.5 Å². The van der Waals surface area contributed by atoms with Crippen LogP contribution in [0.3, 0.4) is 0 Å². The van der Waals surface area contributed by atoms with Gasteiger partial charge in [-0.25, -0.2) is 4.39 Å². The molecule has 1 aromatic carbocycles. The van der Waals surface area contributed by atoms with Gasteiger partial charge in [-0.2, -0.15) is 0 Å². The van der Waals surface area contributed by atoms with Gasteiger partial charge in [-0.3, -0.25) is 0 Å². The van der Waals surface area contributed by atoms with Crippen molar-refractivity contribution in [1.29, 1.82) is 0 Å². The average molecular weight is 261 g/mol. The zero-order valence-electron chi connectivity index (χ0n) is 7.85. The van der Waals surface area contributed by atoms with E-state index in [4.69, 9.17) is 23.2 Å². The van der Waals surface area contributed by atoms with Crippen molar-refractivity contribution >= 4 is 34.5 Å². The molecule has 0 atom stereocenters. The van der Waals surface area contributed by atoms with Crippen LogP contribution in [0.25, 0.3) is 11.1 Å². The van der Waals surface area contributed by atoms with E-state index in [2.05, 4.69) is 0 Å². The maximum Gasteiger partial charge on any atom is 0.141 e. The lowest BCUT2D eigenvalue weighted by Crippen LogP contribution is -1.79. The molecule has 78 valence electrons. The Kier molecular flexibility index (Phi) is 3.01. The van der Waals surface area contributed by atoms with E-state index in [0.29, 0.717) is 4.34 Å². The van der Waals surface area contributed by atoms with Crippen LogP contribution in [0, 0.1) is 12.7 Å². The molecule has 0 radical (unpaired) electrons. The summed E-state index contributed by atoms with van der Waals surface area (Å²) in [6.45, 7) is 1.98. The molecular formula is C11H7Cl2FS. The minimum absolute atomic E-state index is 0.118. The quantitative estimate of drug-likeness (QED) is 0.664. The van der Waals surface area contributed by atoms with E-state index in [9.17, 15) is 4.39 Å². The summed E-state index contributed by atoms with van der Waals surface area (Å²) in [4.78, 5) is 1.12. The molecule has 2 aromatic rings. The number of halogens is 3. The Hall–Kier alpha value is -0.570. The SMILES string of the molecule is Cc1cc(-c2ccc(F)c(Cl)c2)c(Cl)s1. The molecule has 0 aliphatic carbocycles. The number of benzene rings is 1. The summed E-state index contributed by atoms with van der Waals surface area (Å²) < 4.78 is 13.7. The average Bonchev–Trinajstić information content (AvgIpc) is 2.50. The van der Waals surface area contributed by atoms with Crippen molar-refractivity contribution in [3.63, 3.8) is 0 Å². The third-order valence-corrected chi connectivity index (χ3v) is 3.60. The highest BCUT2D eigenvalue weighted by atomic mass is 35.5. The molecule has 0 unspecified atom stereocenters. The molecule has 0 nitrogen and oxygen atoms in total. The maximum atomic E-state index is 13.0. The van der Waals surface area contributed by atoms with Crippen LogP contribution in [0.1, 0.15) is 4.88 Å². The smallest absolute Gasteiger partial charge is 0.141 e. The van der Waals surface area contributed by atoms with Crippen LogP contribution in [0.4, 0.5) is 4.39 Å². The predicted molar refractivity (Wildman–Crippen MR) is 64.5 cm³/mol. The lowest BCUT2D eigenvalue weighted by molar-refractivity contribution is 0.628. The number of hydrogen-bond acceptors (Lipinski definition) is 1. The molecule has 0 amide bonds. The van der Waals surface area contributed by atoms with Crippen molar-refractivity contribution in [1.82, 2.24) is 0 Å². The Balaban J connectivity index is 2.54. The van der Waals surface area contributed by atoms with Crippen LogP contribution in [-0.2, 0) is 0 Å². The van der Waals surface area contributed by atoms with E-state index in [-0.39, 0.29) is 5.02 Å². The van der Waals surface area contributed by atoms with E-state index >= 15 is 0 Å². The van der Waals surface area contributed by atoms with Gasteiger partial charge >= 0.3 is 0 Å². The summed E-state index contributed by atoms with van der Waals surface area (Å²) in [6.07, 6.45) is 0. The molecule has 0 bridgehead atoms. The topological polar surface area (TPSA) is 0 Å². The molecule has 0 fully saturated rings. The molecule has 1 heterocycles. The molecule has 1 aromatic heterocycles. The number of aryl methyl sites for hydroxylation is 1. The second-order valence-corrected chi connectivity index (χ2v) is 5.44. The Morgan fingerprint density at radius 3 is 2.47 bits per heavy atom. The van der Waals surface area contributed by atoms with Crippen LogP contribution in [-0.4, -0.2) is 0 Å². The van der Waals surface area contributed by atoms with Gasteiger partial charge in [-0.05, 0) is 30.7 Å². The first kappa shape index (κ1) is 10.9.